The molecule has 2 saturated heterocycles. The zero-order valence-electron chi connectivity index (χ0n) is 18.9. The van der Waals surface area contributed by atoms with Crippen molar-refractivity contribution in [3.63, 3.8) is 0 Å². The number of hydrogen-bond acceptors (Lipinski definition) is 8. The second kappa shape index (κ2) is 11.4. The first-order valence-corrected chi connectivity index (χ1v) is 12.2. The Hall–Kier alpha value is -2.42. The van der Waals surface area contributed by atoms with Crippen molar-refractivity contribution in [3.8, 4) is 0 Å². The molecule has 9 heteroatoms. The van der Waals surface area contributed by atoms with Crippen LogP contribution in [0.5, 0.6) is 0 Å². The van der Waals surface area contributed by atoms with Gasteiger partial charge < -0.3 is 20.2 Å². The molecule has 0 amide bonds. The molecular weight excluding hydrogens is 408 g/mol. The zero-order chi connectivity index (χ0) is 22.2. The number of likely N-dealkylation sites (tertiary alicyclic amines) is 1. The Balaban J connectivity index is 1.27. The molecule has 3 fully saturated rings. The Morgan fingerprint density at radius 2 is 1.91 bits per heavy atom. The highest BCUT2D eigenvalue weighted by molar-refractivity contribution is 5.84. The molecular formula is C23H36N6O3. The van der Waals surface area contributed by atoms with E-state index in [0.717, 1.165) is 75.8 Å². The van der Waals surface area contributed by atoms with Crippen LogP contribution >= 0.6 is 0 Å². The van der Waals surface area contributed by atoms with Crippen LogP contribution in [0, 0.1) is 0 Å². The minimum Gasteiger partial charge on any atom is -0.479 e. The van der Waals surface area contributed by atoms with Gasteiger partial charge in [-0.15, -0.1) is 0 Å². The molecule has 2 aliphatic heterocycles. The summed E-state index contributed by atoms with van der Waals surface area (Å²) in [6.45, 7) is 3.93. The monoisotopic (exact) mass is 444 g/mol. The van der Waals surface area contributed by atoms with Crippen LogP contribution in [-0.2, 0) is 9.63 Å². The van der Waals surface area contributed by atoms with Crippen molar-refractivity contribution >= 4 is 23.4 Å². The van der Waals surface area contributed by atoms with Crippen molar-refractivity contribution in [2.45, 2.75) is 76.3 Å². The normalized spacial score (nSPS) is 25.1. The smallest absolute Gasteiger partial charge is 0.344 e. The average Bonchev–Trinajstić information content (AvgIpc) is 3.09. The lowest BCUT2D eigenvalue weighted by Gasteiger charge is -2.40. The van der Waals surface area contributed by atoms with E-state index in [9.17, 15) is 4.79 Å². The maximum Gasteiger partial charge on any atom is 0.344 e. The summed E-state index contributed by atoms with van der Waals surface area (Å²) in [5.41, 5.74) is 0.980. The number of nitrogens with one attached hydrogen (secondary N) is 1. The van der Waals surface area contributed by atoms with E-state index < -0.39 is 5.97 Å². The number of oxime groups is 1. The topological polar surface area (TPSA) is 103 Å². The fraction of sp³-hybridized carbons (Fsp3) is 0.739. The summed E-state index contributed by atoms with van der Waals surface area (Å²) in [5.74, 6) is 0.796. The lowest BCUT2D eigenvalue weighted by atomic mass is 9.90. The lowest BCUT2D eigenvalue weighted by Crippen LogP contribution is -2.48. The van der Waals surface area contributed by atoms with Gasteiger partial charge >= 0.3 is 5.97 Å². The molecule has 4 rings (SSSR count). The van der Waals surface area contributed by atoms with Gasteiger partial charge in [-0.1, -0.05) is 18.0 Å². The number of piperidine rings is 1. The Kier molecular flexibility index (Phi) is 8.14. The van der Waals surface area contributed by atoms with Crippen molar-refractivity contribution in [2.75, 3.05) is 43.0 Å². The first kappa shape index (κ1) is 22.8. The standard InChI is InChI=1S/C23H36N6O3/c30-22(31)17-32-27-18-7-9-20(10-8-18)29-15-5-6-19(16-29)25-23-24-12-11-21(26-23)28-13-3-1-2-4-14-28/h11-12,19-20H,1-10,13-17H2,(H,30,31)(H,24,25,26). The largest absolute Gasteiger partial charge is 0.479 e. The molecule has 1 aliphatic carbocycles. The third-order valence-electron chi connectivity index (χ3n) is 6.79. The van der Waals surface area contributed by atoms with Crippen molar-refractivity contribution in [3.05, 3.63) is 12.3 Å². The van der Waals surface area contributed by atoms with Crippen LogP contribution in [0.15, 0.2) is 17.4 Å². The van der Waals surface area contributed by atoms with Gasteiger partial charge in [0.2, 0.25) is 12.6 Å². The van der Waals surface area contributed by atoms with Gasteiger partial charge in [0.25, 0.3) is 0 Å². The SMILES string of the molecule is O=C(O)CON=C1CCC(N2CCCC(Nc3nccc(N4CCCCCC4)n3)C2)CC1. The molecule has 9 nitrogen and oxygen atoms in total. The highest BCUT2D eigenvalue weighted by Crippen LogP contribution is 2.26. The molecule has 3 aliphatic rings. The molecule has 0 spiro atoms. The molecule has 176 valence electrons. The Morgan fingerprint density at radius 3 is 2.66 bits per heavy atom. The van der Waals surface area contributed by atoms with Crippen LogP contribution < -0.4 is 10.2 Å². The highest BCUT2D eigenvalue weighted by atomic mass is 16.6. The van der Waals surface area contributed by atoms with Crippen molar-refractivity contribution in [1.82, 2.24) is 14.9 Å². The van der Waals surface area contributed by atoms with Gasteiger partial charge in [-0.3, -0.25) is 4.90 Å². The van der Waals surface area contributed by atoms with Crippen LogP contribution in [0.1, 0.15) is 64.2 Å². The minimum absolute atomic E-state index is 0.358. The van der Waals surface area contributed by atoms with E-state index >= 15 is 0 Å². The Bertz CT molecular complexity index is 771. The molecule has 1 atom stereocenters. The van der Waals surface area contributed by atoms with Crippen molar-refractivity contribution in [2.24, 2.45) is 5.16 Å². The molecule has 0 radical (unpaired) electrons. The third kappa shape index (κ3) is 6.54. The Labute approximate surface area is 190 Å². The van der Waals surface area contributed by atoms with Gasteiger partial charge in [0, 0.05) is 37.9 Å². The number of aromatic nitrogens is 2. The van der Waals surface area contributed by atoms with Crippen LogP contribution in [-0.4, -0.2) is 76.5 Å². The summed E-state index contributed by atoms with van der Waals surface area (Å²) in [6.07, 6.45) is 13.1. The summed E-state index contributed by atoms with van der Waals surface area (Å²) in [5, 5.41) is 16.3. The summed E-state index contributed by atoms with van der Waals surface area (Å²) in [4.78, 5) is 29.8. The number of anilines is 2. The average molecular weight is 445 g/mol. The predicted molar refractivity (Wildman–Crippen MR) is 124 cm³/mol. The van der Waals surface area contributed by atoms with Crippen molar-refractivity contribution < 1.29 is 14.7 Å². The second-order valence-electron chi connectivity index (χ2n) is 9.17. The van der Waals surface area contributed by atoms with E-state index in [-0.39, 0.29) is 6.61 Å². The Morgan fingerprint density at radius 1 is 1.12 bits per heavy atom. The number of nitrogens with zero attached hydrogens (tertiary/aromatic N) is 5. The summed E-state index contributed by atoms with van der Waals surface area (Å²) >= 11 is 0. The second-order valence-corrected chi connectivity index (χ2v) is 9.17. The lowest BCUT2D eigenvalue weighted by molar-refractivity contribution is -0.142. The van der Waals surface area contributed by atoms with Crippen LogP contribution in [0.25, 0.3) is 0 Å². The fourth-order valence-corrected chi connectivity index (χ4v) is 5.10. The number of carboxylic acid groups (broad SMARTS) is 1. The summed E-state index contributed by atoms with van der Waals surface area (Å²) in [7, 11) is 0. The zero-order valence-corrected chi connectivity index (χ0v) is 18.9. The molecule has 1 aromatic heterocycles. The number of aliphatic carboxylic acids is 1. The van der Waals surface area contributed by atoms with E-state index in [4.69, 9.17) is 14.9 Å². The molecule has 1 saturated carbocycles. The maximum atomic E-state index is 10.6. The van der Waals surface area contributed by atoms with Crippen molar-refractivity contribution in [1.29, 1.82) is 0 Å². The first-order chi connectivity index (χ1) is 15.7. The van der Waals surface area contributed by atoms with E-state index in [1.165, 1.54) is 32.1 Å². The molecule has 1 aromatic rings. The number of carboxylic acids is 1. The highest BCUT2D eigenvalue weighted by Gasteiger charge is 2.29. The predicted octanol–water partition coefficient (Wildman–Crippen LogP) is 3.13. The quantitative estimate of drug-likeness (QED) is 0.619. The summed E-state index contributed by atoms with van der Waals surface area (Å²) < 4.78 is 0. The molecule has 2 N–H and O–H groups in total. The van der Waals surface area contributed by atoms with Gasteiger partial charge in [0.05, 0.1) is 5.71 Å². The van der Waals surface area contributed by atoms with Gasteiger partial charge in [0.1, 0.15) is 5.82 Å². The van der Waals surface area contributed by atoms with Gasteiger partial charge in [-0.05, 0) is 64.0 Å². The van der Waals surface area contributed by atoms with Crippen LogP contribution in [0.2, 0.25) is 0 Å². The van der Waals surface area contributed by atoms with Crippen LogP contribution in [0.3, 0.4) is 0 Å². The van der Waals surface area contributed by atoms with Gasteiger partial charge in [-0.25, -0.2) is 9.78 Å². The minimum atomic E-state index is -0.990. The molecule has 32 heavy (non-hydrogen) atoms. The van der Waals surface area contributed by atoms with Crippen LogP contribution in [0.4, 0.5) is 11.8 Å². The molecule has 3 heterocycles. The summed E-state index contributed by atoms with van der Waals surface area (Å²) in [6, 6.07) is 2.94. The van der Waals surface area contributed by atoms with Gasteiger partial charge in [0.15, 0.2) is 0 Å². The number of rotatable bonds is 7. The number of carbonyl (C=O) groups is 1. The number of hydrogen-bond donors (Lipinski definition) is 2. The van der Waals surface area contributed by atoms with E-state index in [1.807, 2.05) is 12.3 Å². The van der Waals surface area contributed by atoms with Gasteiger partial charge in [-0.2, -0.15) is 4.98 Å². The van der Waals surface area contributed by atoms with E-state index in [2.05, 4.69) is 25.3 Å². The maximum absolute atomic E-state index is 10.6. The molecule has 0 aromatic carbocycles. The molecule has 1 unspecified atom stereocenters. The van der Waals surface area contributed by atoms with E-state index in [1.54, 1.807) is 0 Å². The van der Waals surface area contributed by atoms with E-state index in [0.29, 0.717) is 12.1 Å². The molecule has 0 bridgehead atoms. The first-order valence-electron chi connectivity index (χ1n) is 12.2. The fourth-order valence-electron chi connectivity index (χ4n) is 5.10. The third-order valence-corrected chi connectivity index (χ3v) is 6.79.